The van der Waals surface area contributed by atoms with Crippen LogP contribution in [0.25, 0.3) is 0 Å². The zero-order valence-corrected chi connectivity index (χ0v) is 15.8. The van der Waals surface area contributed by atoms with Crippen molar-refractivity contribution in [3.63, 3.8) is 0 Å². The lowest BCUT2D eigenvalue weighted by molar-refractivity contribution is -0.121. The number of thioether (sulfide) groups is 1. The van der Waals surface area contributed by atoms with Crippen LogP contribution in [0.5, 0.6) is 0 Å². The van der Waals surface area contributed by atoms with Crippen LogP contribution in [0.3, 0.4) is 0 Å². The highest BCUT2D eigenvalue weighted by Crippen LogP contribution is 2.41. The number of carbonyl (C=O) groups is 2. The summed E-state index contributed by atoms with van der Waals surface area (Å²) in [7, 11) is 0. The normalized spacial score (nSPS) is 15.0. The van der Waals surface area contributed by atoms with E-state index in [1.165, 1.54) is 17.3 Å². The molecule has 5 heteroatoms. The second-order valence-electron chi connectivity index (χ2n) is 6.76. The molecule has 4 nitrogen and oxygen atoms in total. The molecule has 0 unspecified atom stereocenters. The van der Waals surface area contributed by atoms with E-state index >= 15 is 0 Å². The fourth-order valence-corrected chi connectivity index (χ4v) is 3.85. The molecule has 0 atom stereocenters. The van der Waals surface area contributed by atoms with E-state index in [4.69, 9.17) is 0 Å². The Morgan fingerprint density at radius 2 is 1.73 bits per heavy atom. The number of benzene rings is 2. The quantitative estimate of drug-likeness (QED) is 0.780. The van der Waals surface area contributed by atoms with Crippen LogP contribution in [-0.4, -0.2) is 23.3 Å². The first kappa shape index (κ1) is 18.5. The fraction of sp³-hybridized carbons (Fsp3) is 0.333. The maximum atomic E-state index is 12.3. The molecule has 1 aliphatic rings. The molecular weight excluding hydrogens is 344 g/mol. The topological polar surface area (TPSA) is 58.2 Å². The van der Waals surface area contributed by atoms with Gasteiger partial charge in [-0.25, -0.2) is 0 Å². The Morgan fingerprint density at radius 1 is 1.00 bits per heavy atom. The van der Waals surface area contributed by atoms with Crippen molar-refractivity contribution in [1.82, 2.24) is 5.32 Å². The maximum Gasteiger partial charge on any atom is 0.234 e. The number of anilines is 1. The summed E-state index contributed by atoms with van der Waals surface area (Å²) < 4.78 is 0. The predicted octanol–water partition coefficient (Wildman–Crippen LogP) is 3.86. The van der Waals surface area contributed by atoms with Crippen LogP contribution >= 0.6 is 11.8 Å². The highest BCUT2D eigenvalue weighted by molar-refractivity contribution is 8.00. The highest BCUT2D eigenvalue weighted by atomic mass is 32.2. The maximum absolute atomic E-state index is 12.3. The third-order valence-electron chi connectivity index (χ3n) is 4.68. The Hall–Kier alpha value is -2.27. The van der Waals surface area contributed by atoms with Crippen LogP contribution in [0.15, 0.2) is 54.6 Å². The molecule has 0 aliphatic heterocycles. The molecule has 0 aromatic heterocycles. The van der Waals surface area contributed by atoms with Gasteiger partial charge in [0, 0.05) is 5.69 Å². The highest BCUT2D eigenvalue weighted by Gasteiger charge is 2.39. The molecule has 1 fully saturated rings. The van der Waals surface area contributed by atoms with Gasteiger partial charge in [-0.3, -0.25) is 9.59 Å². The van der Waals surface area contributed by atoms with Crippen molar-refractivity contribution in [1.29, 1.82) is 0 Å². The second-order valence-corrected chi connectivity index (χ2v) is 7.75. The summed E-state index contributed by atoms with van der Waals surface area (Å²) in [5, 5.41) is 6.05. The number of amides is 2. The van der Waals surface area contributed by atoms with Crippen molar-refractivity contribution in [3.8, 4) is 0 Å². The van der Waals surface area contributed by atoms with Gasteiger partial charge in [0.15, 0.2) is 0 Å². The molecule has 136 valence electrons. The van der Waals surface area contributed by atoms with Gasteiger partial charge in [-0.1, -0.05) is 42.5 Å². The zero-order valence-electron chi connectivity index (χ0n) is 15.0. The predicted molar refractivity (Wildman–Crippen MR) is 107 cm³/mol. The van der Waals surface area contributed by atoms with Crippen LogP contribution in [-0.2, 0) is 15.1 Å². The molecule has 0 heterocycles. The first-order chi connectivity index (χ1) is 12.6. The summed E-state index contributed by atoms with van der Waals surface area (Å²) in [5.74, 6) is 0.451. The number of carbonyl (C=O) groups excluding carboxylic acids is 2. The fourth-order valence-electron chi connectivity index (χ4n) is 3.23. The molecular formula is C21H24N2O2S. The van der Waals surface area contributed by atoms with E-state index in [9.17, 15) is 9.59 Å². The average Bonchev–Trinajstić information content (AvgIpc) is 2.59. The van der Waals surface area contributed by atoms with Crippen molar-refractivity contribution < 1.29 is 9.59 Å². The molecule has 0 radical (unpaired) electrons. The molecule has 2 amide bonds. The summed E-state index contributed by atoms with van der Waals surface area (Å²) in [4.78, 5) is 24.4. The van der Waals surface area contributed by atoms with Crippen molar-refractivity contribution in [3.05, 3.63) is 65.7 Å². The first-order valence-corrected chi connectivity index (χ1v) is 10.0. The van der Waals surface area contributed by atoms with E-state index in [0.717, 1.165) is 30.5 Å². The Labute approximate surface area is 158 Å². The first-order valence-electron chi connectivity index (χ1n) is 8.88. The molecule has 0 saturated heterocycles. The van der Waals surface area contributed by atoms with Gasteiger partial charge in [0.25, 0.3) is 0 Å². The van der Waals surface area contributed by atoms with Crippen molar-refractivity contribution in [2.45, 2.75) is 31.7 Å². The molecule has 1 aliphatic carbocycles. The van der Waals surface area contributed by atoms with E-state index < -0.39 is 0 Å². The van der Waals surface area contributed by atoms with Gasteiger partial charge >= 0.3 is 0 Å². The molecule has 2 N–H and O–H groups in total. The van der Waals surface area contributed by atoms with E-state index in [2.05, 4.69) is 22.8 Å². The summed E-state index contributed by atoms with van der Waals surface area (Å²) in [6.07, 6.45) is 3.07. The number of hydrogen-bond acceptors (Lipinski definition) is 3. The molecule has 0 bridgehead atoms. The lowest BCUT2D eigenvalue weighted by Gasteiger charge is -2.43. The van der Waals surface area contributed by atoms with E-state index in [1.54, 1.807) is 0 Å². The van der Waals surface area contributed by atoms with E-state index in [-0.39, 0.29) is 28.9 Å². The lowest BCUT2D eigenvalue weighted by atomic mass is 9.72. The van der Waals surface area contributed by atoms with Crippen molar-refractivity contribution in [2.75, 3.05) is 16.8 Å². The summed E-state index contributed by atoms with van der Waals surface area (Å²) in [5.41, 5.74) is 2.84. The van der Waals surface area contributed by atoms with Gasteiger partial charge in [-0.05, 0) is 49.4 Å². The smallest absolute Gasteiger partial charge is 0.234 e. The number of aryl methyl sites for hydroxylation is 1. The Morgan fingerprint density at radius 3 is 2.38 bits per heavy atom. The summed E-state index contributed by atoms with van der Waals surface area (Å²) in [6, 6.07) is 17.8. The van der Waals surface area contributed by atoms with Crippen LogP contribution < -0.4 is 10.6 Å². The van der Waals surface area contributed by atoms with Crippen LogP contribution in [0.1, 0.15) is 30.4 Å². The Balaban J connectivity index is 1.45. The Kier molecular flexibility index (Phi) is 5.99. The molecule has 2 aromatic rings. The van der Waals surface area contributed by atoms with Gasteiger partial charge in [0.05, 0.1) is 17.0 Å². The standard InChI is InChI=1S/C21H24N2O2S/c1-16-7-5-10-18(13-16)22-19(24)14-26-15-20(25)23-21(11-6-12-21)17-8-3-2-4-9-17/h2-5,7-10,13H,6,11-12,14-15H2,1H3,(H,22,24)(H,23,25). The Bertz CT molecular complexity index is 773. The van der Waals surface area contributed by atoms with Crippen molar-refractivity contribution in [2.24, 2.45) is 0 Å². The average molecular weight is 369 g/mol. The van der Waals surface area contributed by atoms with Crippen LogP contribution in [0.4, 0.5) is 5.69 Å². The monoisotopic (exact) mass is 368 g/mol. The minimum Gasteiger partial charge on any atom is -0.346 e. The second kappa shape index (κ2) is 8.41. The lowest BCUT2D eigenvalue weighted by Crippen LogP contribution is -2.51. The molecule has 1 saturated carbocycles. The van der Waals surface area contributed by atoms with Gasteiger partial charge in [0.2, 0.25) is 11.8 Å². The minimum atomic E-state index is -0.220. The van der Waals surface area contributed by atoms with Gasteiger partial charge < -0.3 is 10.6 Å². The minimum absolute atomic E-state index is 0.0121. The summed E-state index contributed by atoms with van der Waals surface area (Å²) in [6.45, 7) is 1.98. The molecule has 2 aromatic carbocycles. The SMILES string of the molecule is Cc1cccc(NC(=O)CSCC(=O)NC2(c3ccccc3)CCC2)c1. The van der Waals surface area contributed by atoms with Gasteiger partial charge in [-0.15, -0.1) is 11.8 Å². The van der Waals surface area contributed by atoms with Crippen molar-refractivity contribution >= 4 is 29.3 Å². The van der Waals surface area contributed by atoms with Gasteiger partial charge in [-0.2, -0.15) is 0 Å². The van der Waals surface area contributed by atoms with E-state index in [1.807, 2.05) is 49.4 Å². The van der Waals surface area contributed by atoms with Crippen LogP contribution in [0, 0.1) is 6.92 Å². The molecule has 26 heavy (non-hydrogen) atoms. The zero-order chi connectivity index (χ0) is 18.4. The molecule has 3 rings (SSSR count). The third kappa shape index (κ3) is 4.67. The van der Waals surface area contributed by atoms with Crippen LogP contribution in [0.2, 0.25) is 0 Å². The third-order valence-corrected chi connectivity index (χ3v) is 5.61. The number of nitrogens with one attached hydrogen (secondary N) is 2. The van der Waals surface area contributed by atoms with Gasteiger partial charge in [0.1, 0.15) is 0 Å². The summed E-state index contributed by atoms with van der Waals surface area (Å²) >= 11 is 1.34. The number of rotatable bonds is 7. The largest absolute Gasteiger partial charge is 0.346 e. The number of hydrogen-bond donors (Lipinski definition) is 2. The van der Waals surface area contributed by atoms with E-state index in [0.29, 0.717) is 0 Å². The molecule has 0 spiro atoms.